The van der Waals surface area contributed by atoms with Gasteiger partial charge in [0.1, 0.15) is 5.82 Å². The molecule has 0 spiro atoms. The summed E-state index contributed by atoms with van der Waals surface area (Å²) in [5, 5.41) is 8.79. The normalized spacial score (nSPS) is 11.3. The molecular weight excluding hydrogens is 295 g/mol. The molecule has 0 radical (unpaired) electrons. The summed E-state index contributed by atoms with van der Waals surface area (Å²) >= 11 is 0. The van der Waals surface area contributed by atoms with Gasteiger partial charge in [-0.25, -0.2) is 17.6 Å². The number of benzene rings is 2. The molecule has 0 atom stereocenters. The molecule has 4 nitrogen and oxygen atoms in total. The van der Waals surface area contributed by atoms with E-state index in [1.165, 1.54) is 42.5 Å². The Morgan fingerprint density at radius 3 is 2.33 bits per heavy atom. The first-order valence-corrected chi connectivity index (χ1v) is 7.76. The summed E-state index contributed by atoms with van der Waals surface area (Å²) in [6, 6.07) is 8.93. The van der Waals surface area contributed by atoms with Crippen LogP contribution in [0.3, 0.4) is 0 Å². The largest absolute Gasteiger partial charge is 0.478 e. The van der Waals surface area contributed by atoms with Crippen LogP contribution in [-0.4, -0.2) is 19.5 Å². The minimum atomic E-state index is -3.65. The molecule has 0 fully saturated rings. The first-order valence-electron chi connectivity index (χ1n) is 6.11. The fraction of sp³-hybridized carbons (Fsp3) is 0.133. The fourth-order valence-corrected chi connectivity index (χ4v) is 3.33. The summed E-state index contributed by atoms with van der Waals surface area (Å²) < 4.78 is 37.8. The van der Waals surface area contributed by atoms with E-state index < -0.39 is 21.6 Å². The molecule has 0 saturated carbocycles. The van der Waals surface area contributed by atoms with E-state index in [0.717, 1.165) is 0 Å². The van der Waals surface area contributed by atoms with Gasteiger partial charge in [-0.15, -0.1) is 0 Å². The molecule has 2 rings (SSSR count). The average Bonchev–Trinajstić information content (AvgIpc) is 2.43. The summed E-state index contributed by atoms with van der Waals surface area (Å²) in [7, 11) is -3.65. The Morgan fingerprint density at radius 2 is 1.76 bits per heavy atom. The SMILES string of the molecule is Cc1ccc(F)cc1CS(=O)(=O)c1ccc(C(=O)O)cc1. The average molecular weight is 308 g/mol. The van der Waals surface area contributed by atoms with E-state index in [1.54, 1.807) is 6.92 Å². The van der Waals surface area contributed by atoms with E-state index in [0.29, 0.717) is 11.1 Å². The van der Waals surface area contributed by atoms with Crippen LogP contribution in [0.25, 0.3) is 0 Å². The minimum Gasteiger partial charge on any atom is -0.478 e. The second-order valence-corrected chi connectivity index (χ2v) is 6.65. The quantitative estimate of drug-likeness (QED) is 0.942. The molecule has 2 aromatic carbocycles. The third kappa shape index (κ3) is 3.46. The van der Waals surface area contributed by atoms with Crippen molar-refractivity contribution in [1.29, 1.82) is 0 Å². The maximum absolute atomic E-state index is 13.2. The molecule has 6 heteroatoms. The molecule has 0 amide bonds. The van der Waals surface area contributed by atoms with Crippen molar-refractivity contribution in [3.63, 3.8) is 0 Å². The van der Waals surface area contributed by atoms with Crippen LogP contribution in [-0.2, 0) is 15.6 Å². The van der Waals surface area contributed by atoms with Gasteiger partial charge in [-0.05, 0) is 54.4 Å². The number of halogens is 1. The molecule has 0 heterocycles. The molecule has 0 aromatic heterocycles. The van der Waals surface area contributed by atoms with Crippen LogP contribution >= 0.6 is 0 Å². The highest BCUT2D eigenvalue weighted by Crippen LogP contribution is 2.20. The van der Waals surface area contributed by atoms with Crippen molar-refractivity contribution in [3.8, 4) is 0 Å². The van der Waals surface area contributed by atoms with E-state index >= 15 is 0 Å². The van der Waals surface area contributed by atoms with Crippen molar-refractivity contribution in [2.24, 2.45) is 0 Å². The highest BCUT2D eigenvalue weighted by molar-refractivity contribution is 7.90. The Morgan fingerprint density at radius 1 is 1.14 bits per heavy atom. The first kappa shape index (κ1) is 15.2. The topological polar surface area (TPSA) is 71.4 Å². The zero-order valence-electron chi connectivity index (χ0n) is 11.2. The number of hydrogen-bond acceptors (Lipinski definition) is 3. The lowest BCUT2D eigenvalue weighted by atomic mass is 10.1. The maximum atomic E-state index is 13.2. The highest BCUT2D eigenvalue weighted by atomic mass is 32.2. The maximum Gasteiger partial charge on any atom is 0.335 e. The van der Waals surface area contributed by atoms with Crippen LogP contribution in [0.5, 0.6) is 0 Å². The summed E-state index contributed by atoms with van der Waals surface area (Å²) in [4.78, 5) is 10.8. The number of hydrogen-bond donors (Lipinski definition) is 1. The number of rotatable bonds is 4. The summed E-state index contributed by atoms with van der Waals surface area (Å²) in [5.74, 6) is -1.95. The molecule has 0 bridgehead atoms. The van der Waals surface area contributed by atoms with Crippen molar-refractivity contribution in [1.82, 2.24) is 0 Å². The van der Waals surface area contributed by atoms with Crippen LogP contribution < -0.4 is 0 Å². The predicted octanol–water partition coefficient (Wildman–Crippen LogP) is 2.81. The summed E-state index contributed by atoms with van der Waals surface area (Å²) in [6.45, 7) is 1.71. The number of carboxylic acid groups (broad SMARTS) is 1. The second-order valence-electron chi connectivity index (χ2n) is 4.66. The molecule has 2 aromatic rings. The van der Waals surface area contributed by atoms with E-state index in [4.69, 9.17) is 5.11 Å². The third-order valence-corrected chi connectivity index (χ3v) is 4.80. The van der Waals surface area contributed by atoms with E-state index in [2.05, 4.69) is 0 Å². The van der Waals surface area contributed by atoms with Crippen molar-refractivity contribution >= 4 is 15.8 Å². The smallest absolute Gasteiger partial charge is 0.335 e. The molecule has 0 saturated heterocycles. The molecule has 110 valence electrons. The Labute approximate surface area is 121 Å². The van der Waals surface area contributed by atoms with Gasteiger partial charge in [0.2, 0.25) is 0 Å². The lowest BCUT2D eigenvalue weighted by Crippen LogP contribution is -2.07. The summed E-state index contributed by atoms with van der Waals surface area (Å²) in [5.41, 5.74) is 1.08. The molecular formula is C15H13FO4S. The summed E-state index contributed by atoms with van der Waals surface area (Å²) in [6.07, 6.45) is 0. The van der Waals surface area contributed by atoms with Gasteiger partial charge < -0.3 is 5.11 Å². The first-order chi connectivity index (χ1) is 9.79. The minimum absolute atomic E-state index is 0.0101. The van der Waals surface area contributed by atoms with Crippen LogP contribution in [0, 0.1) is 12.7 Å². The molecule has 1 N–H and O–H groups in total. The number of aromatic carboxylic acids is 1. The van der Waals surface area contributed by atoms with Crippen LogP contribution in [0.4, 0.5) is 4.39 Å². The molecule has 0 aliphatic carbocycles. The van der Waals surface area contributed by atoms with E-state index in [1.807, 2.05) is 0 Å². The Hall–Kier alpha value is -2.21. The third-order valence-electron chi connectivity index (χ3n) is 3.12. The molecule has 0 aliphatic rings. The lowest BCUT2D eigenvalue weighted by Gasteiger charge is -2.08. The van der Waals surface area contributed by atoms with Gasteiger partial charge in [-0.3, -0.25) is 0 Å². The van der Waals surface area contributed by atoms with E-state index in [-0.39, 0.29) is 16.2 Å². The van der Waals surface area contributed by atoms with Crippen molar-refractivity contribution in [2.75, 3.05) is 0 Å². The fourth-order valence-electron chi connectivity index (χ4n) is 1.89. The number of carboxylic acids is 1. The molecule has 21 heavy (non-hydrogen) atoms. The second kappa shape index (κ2) is 5.65. The molecule has 0 aliphatic heterocycles. The zero-order chi connectivity index (χ0) is 15.6. The highest BCUT2D eigenvalue weighted by Gasteiger charge is 2.17. The van der Waals surface area contributed by atoms with Crippen LogP contribution in [0.15, 0.2) is 47.4 Å². The van der Waals surface area contributed by atoms with Crippen LogP contribution in [0.1, 0.15) is 21.5 Å². The zero-order valence-corrected chi connectivity index (χ0v) is 12.0. The lowest BCUT2D eigenvalue weighted by molar-refractivity contribution is 0.0696. The Bertz CT molecular complexity index is 780. The van der Waals surface area contributed by atoms with Gasteiger partial charge in [-0.1, -0.05) is 6.07 Å². The van der Waals surface area contributed by atoms with Crippen molar-refractivity contribution in [3.05, 3.63) is 65.0 Å². The Kier molecular flexibility index (Phi) is 4.09. The van der Waals surface area contributed by atoms with Gasteiger partial charge in [-0.2, -0.15) is 0 Å². The predicted molar refractivity (Wildman–Crippen MR) is 75.4 cm³/mol. The van der Waals surface area contributed by atoms with Gasteiger partial charge in [0.05, 0.1) is 16.2 Å². The van der Waals surface area contributed by atoms with Crippen molar-refractivity contribution < 1.29 is 22.7 Å². The van der Waals surface area contributed by atoms with Gasteiger partial charge >= 0.3 is 5.97 Å². The monoisotopic (exact) mass is 308 g/mol. The molecule has 0 unspecified atom stereocenters. The number of aryl methyl sites for hydroxylation is 1. The van der Waals surface area contributed by atoms with E-state index in [9.17, 15) is 17.6 Å². The standard InChI is InChI=1S/C15H13FO4S/c1-10-2-5-13(16)8-12(10)9-21(19,20)14-6-3-11(4-7-14)15(17)18/h2-8H,9H2,1H3,(H,17,18). The van der Waals surface area contributed by atoms with Crippen LogP contribution in [0.2, 0.25) is 0 Å². The Balaban J connectivity index is 2.34. The van der Waals surface area contributed by atoms with Gasteiger partial charge in [0.25, 0.3) is 0 Å². The number of sulfone groups is 1. The van der Waals surface area contributed by atoms with Crippen molar-refractivity contribution in [2.45, 2.75) is 17.6 Å². The van der Waals surface area contributed by atoms with Gasteiger partial charge in [0, 0.05) is 0 Å². The van der Waals surface area contributed by atoms with Gasteiger partial charge in [0.15, 0.2) is 9.84 Å². The number of carbonyl (C=O) groups is 1.